The molecule has 1 rings (SSSR count). The summed E-state index contributed by atoms with van der Waals surface area (Å²) < 4.78 is 23.7. The molecule has 1 aromatic rings. The average molecular weight is 258 g/mol. The Hall–Kier alpha value is -1.18. The highest BCUT2D eigenvalue weighted by molar-refractivity contribution is 7.89. The minimum Gasteiger partial charge on any atom is -0.370 e. The predicted octanol–water partition coefficient (Wildman–Crippen LogP) is 0.658. The van der Waals surface area contributed by atoms with Gasteiger partial charge in [0.25, 0.3) is 10.0 Å². The zero-order valence-electron chi connectivity index (χ0n) is 10.3. The molecule has 0 spiro atoms. The number of hydrazine groups is 1. The van der Waals surface area contributed by atoms with Crippen molar-refractivity contribution in [1.82, 2.24) is 14.8 Å². The lowest BCUT2D eigenvalue weighted by Gasteiger charge is -2.13. The highest BCUT2D eigenvalue weighted by Crippen LogP contribution is 2.12. The molecule has 0 amide bonds. The minimum absolute atomic E-state index is 0.194. The molecule has 96 valence electrons. The van der Waals surface area contributed by atoms with Gasteiger partial charge in [0, 0.05) is 32.9 Å². The topological polar surface area (TPSA) is 74.3 Å². The molecular formula is C10H18N4O2S. The van der Waals surface area contributed by atoms with Crippen LogP contribution in [0.15, 0.2) is 23.2 Å². The molecule has 2 N–H and O–H groups in total. The van der Waals surface area contributed by atoms with E-state index in [9.17, 15) is 8.42 Å². The molecule has 0 aliphatic carbocycles. The minimum atomic E-state index is -3.51. The molecule has 0 saturated heterocycles. The van der Waals surface area contributed by atoms with Crippen molar-refractivity contribution in [3.8, 4) is 0 Å². The van der Waals surface area contributed by atoms with Gasteiger partial charge in [-0.2, -0.15) is 0 Å². The van der Waals surface area contributed by atoms with E-state index in [1.807, 2.05) is 6.92 Å². The SMILES string of the molecule is CCCNc1cc(S(=O)(=O)NN(C)C)ccn1. The van der Waals surface area contributed by atoms with Crippen molar-refractivity contribution in [1.29, 1.82) is 0 Å². The van der Waals surface area contributed by atoms with Gasteiger partial charge in [-0.25, -0.2) is 18.4 Å². The zero-order valence-corrected chi connectivity index (χ0v) is 11.1. The van der Waals surface area contributed by atoms with Gasteiger partial charge in [0.1, 0.15) is 5.82 Å². The van der Waals surface area contributed by atoms with E-state index in [0.717, 1.165) is 13.0 Å². The van der Waals surface area contributed by atoms with E-state index in [2.05, 4.69) is 15.1 Å². The van der Waals surface area contributed by atoms with Gasteiger partial charge in [-0.3, -0.25) is 0 Å². The first-order valence-corrected chi connectivity index (χ1v) is 6.83. The Labute approximate surface area is 102 Å². The lowest BCUT2D eigenvalue weighted by atomic mass is 10.4. The molecule has 1 heterocycles. The van der Waals surface area contributed by atoms with Crippen LogP contribution in [0.5, 0.6) is 0 Å². The largest absolute Gasteiger partial charge is 0.370 e. The molecule has 0 atom stereocenters. The first kappa shape index (κ1) is 13.9. The van der Waals surface area contributed by atoms with E-state index < -0.39 is 10.0 Å². The standard InChI is InChI=1S/C10H18N4O2S/c1-4-6-11-10-8-9(5-7-12-10)17(15,16)13-14(2)3/h5,7-8,13H,4,6H2,1-3H3,(H,11,12). The van der Waals surface area contributed by atoms with Crippen LogP contribution in [0.25, 0.3) is 0 Å². The van der Waals surface area contributed by atoms with E-state index in [1.165, 1.54) is 23.3 Å². The zero-order chi connectivity index (χ0) is 12.9. The molecule has 17 heavy (non-hydrogen) atoms. The van der Waals surface area contributed by atoms with Crippen LogP contribution in [0.1, 0.15) is 13.3 Å². The van der Waals surface area contributed by atoms with E-state index in [4.69, 9.17) is 0 Å². The molecule has 0 aromatic carbocycles. The number of pyridine rings is 1. The Bertz CT molecular complexity index is 459. The van der Waals surface area contributed by atoms with Gasteiger partial charge in [-0.15, -0.1) is 4.83 Å². The highest BCUT2D eigenvalue weighted by Gasteiger charge is 2.15. The molecule has 0 radical (unpaired) electrons. The van der Waals surface area contributed by atoms with Crippen molar-refractivity contribution in [2.24, 2.45) is 0 Å². The summed E-state index contributed by atoms with van der Waals surface area (Å²) in [5.74, 6) is 0.563. The summed E-state index contributed by atoms with van der Waals surface area (Å²) in [5, 5.41) is 4.43. The molecule has 0 fully saturated rings. The van der Waals surface area contributed by atoms with Crippen LogP contribution in [0.4, 0.5) is 5.82 Å². The van der Waals surface area contributed by atoms with E-state index in [1.54, 1.807) is 14.1 Å². The van der Waals surface area contributed by atoms with Gasteiger partial charge in [0.2, 0.25) is 0 Å². The smallest absolute Gasteiger partial charge is 0.253 e. The third kappa shape index (κ3) is 4.29. The Morgan fingerprint density at radius 2 is 2.12 bits per heavy atom. The van der Waals surface area contributed by atoms with Gasteiger partial charge in [-0.1, -0.05) is 6.92 Å². The predicted molar refractivity (Wildman–Crippen MR) is 67.0 cm³/mol. The summed E-state index contributed by atoms with van der Waals surface area (Å²) >= 11 is 0. The monoisotopic (exact) mass is 258 g/mol. The molecular weight excluding hydrogens is 240 g/mol. The number of nitrogens with one attached hydrogen (secondary N) is 2. The van der Waals surface area contributed by atoms with Crippen LogP contribution in [0.2, 0.25) is 0 Å². The molecule has 0 aliphatic rings. The second kappa shape index (κ2) is 5.95. The van der Waals surface area contributed by atoms with Crippen molar-refractivity contribution in [3.05, 3.63) is 18.3 Å². The maximum absolute atomic E-state index is 11.9. The first-order chi connectivity index (χ1) is 7.95. The molecule has 1 aromatic heterocycles. The van der Waals surface area contributed by atoms with Gasteiger partial charge in [-0.05, 0) is 12.5 Å². The van der Waals surface area contributed by atoms with Crippen LogP contribution in [-0.2, 0) is 10.0 Å². The number of aromatic nitrogens is 1. The van der Waals surface area contributed by atoms with Crippen LogP contribution in [0.3, 0.4) is 0 Å². The normalized spacial score (nSPS) is 11.8. The Kier molecular flexibility index (Phi) is 4.86. The summed E-state index contributed by atoms with van der Waals surface area (Å²) in [7, 11) is -0.271. The second-order valence-electron chi connectivity index (χ2n) is 3.79. The van der Waals surface area contributed by atoms with E-state index >= 15 is 0 Å². The molecule has 0 aliphatic heterocycles. The van der Waals surface area contributed by atoms with Crippen LogP contribution in [-0.4, -0.2) is 39.1 Å². The van der Waals surface area contributed by atoms with Gasteiger partial charge in [0.05, 0.1) is 4.90 Å². The lowest BCUT2D eigenvalue weighted by Crippen LogP contribution is -2.36. The number of hydrogen-bond acceptors (Lipinski definition) is 5. The van der Waals surface area contributed by atoms with Crippen LogP contribution < -0.4 is 10.1 Å². The summed E-state index contributed by atoms with van der Waals surface area (Å²) in [6, 6.07) is 2.98. The summed E-state index contributed by atoms with van der Waals surface area (Å²) in [6.45, 7) is 2.79. The van der Waals surface area contributed by atoms with Crippen LogP contribution >= 0.6 is 0 Å². The maximum atomic E-state index is 11.9. The number of hydrogen-bond donors (Lipinski definition) is 2. The Morgan fingerprint density at radius 1 is 1.41 bits per heavy atom. The van der Waals surface area contributed by atoms with E-state index in [0.29, 0.717) is 5.82 Å². The van der Waals surface area contributed by atoms with Crippen molar-refractivity contribution in [2.45, 2.75) is 18.2 Å². The lowest BCUT2D eigenvalue weighted by molar-refractivity contribution is 0.364. The highest BCUT2D eigenvalue weighted by atomic mass is 32.2. The number of sulfonamides is 1. The number of anilines is 1. The van der Waals surface area contributed by atoms with Gasteiger partial charge < -0.3 is 5.32 Å². The van der Waals surface area contributed by atoms with E-state index in [-0.39, 0.29) is 4.90 Å². The van der Waals surface area contributed by atoms with Crippen molar-refractivity contribution in [2.75, 3.05) is 26.0 Å². The molecule has 7 heteroatoms. The summed E-state index contributed by atoms with van der Waals surface area (Å²) in [6.07, 6.45) is 2.43. The van der Waals surface area contributed by atoms with Crippen molar-refractivity contribution in [3.63, 3.8) is 0 Å². The van der Waals surface area contributed by atoms with Gasteiger partial charge >= 0.3 is 0 Å². The third-order valence-corrected chi connectivity index (χ3v) is 3.38. The quantitative estimate of drug-likeness (QED) is 0.733. The first-order valence-electron chi connectivity index (χ1n) is 5.35. The molecule has 0 saturated carbocycles. The second-order valence-corrected chi connectivity index (χ2v) is 5.45. The summed E-state index contributed by atoms with van der Waals surface area (Å²) in [4.78, 5) is 6.62. The molecule has 6 nitrogen and oxygen atoms in total. The number of nitrogens with zero attached hydrogens (tertiary/aromatic N) is 2. The fourth-order valence-corrected chi connectivity index (χ4v) is 2.31. The molecule has 0 bridgehead atoms. The average Bonchev–Trinajstić information content (AvgIpc) is 2.25. The number of rotatable bonds is 6. The molecule has 0 unspecified atom stereocenters. The van der Waals surface area contributed by atoms with Gasteiger partial charge in [0.15, 0.2) is 0 Å². The Morgan fingerprint density at radius 3 is 2.71 bits per heavy atom. The Balaban J connectivity index is 2.91. The maximum Gasteiger partial charge on any atom is 0.253 e. The van der Waals surface area contributed by atoms with Crippen molar-refractivity contribution >= 4 is 15.8 Å². The summed E-state index contributed by atoms with van der Waals surface area (Å²) in [5.41, 5.74) is 0. The van der Waals surface area contributed by atoms with Crippen LogP contribution in [0, 0.1) is 0 Å². The third-order valence-electron chi connectivity index (χ3n) is 1.90. The fraction of sp³-hybridized carbons (Fsp3) is 0.500. The van der Waals surface area contributed by atoms with Crippen molar-refractivity contribution < 1.29 is 8.42 Å². The fourth-order valence-electron chi connectivity index (χ4n) is 1.22.